The van der Waals surface area contributed by atoms with Crippen LogP contribution in [0.15, 0.2) is 55.5 Å². The summed E-state index contributed by atoms with van der Waals surface area (Å²) in [6.45, 7) is 11.1. The topological polar surface area (TPSA) is 91.3 Å². The highest BCUT2D eigenvalue weighted by molar-refractivity contribution is 5.98. The van der Waals surface area contributed by atoms with E-state index in [1.807, 2.05) is 28.9 Å². The number of hydrogen-bond acceptors (Lipinski definition) is 7. The molecule has 0 spiro atoms. The Morgan fingerprint density at radius 1 is 1.22 bits per heavy atom. The molecular formula is C24H28N6O2. The number of aromatic nitrogens is 4. The largest absolute Gasteiger partial charge is 0.488 e. The number of allylic oxidation sites excluding steroid dienone is 1. The lowest BCUT2D eigenvalue weighted by Gasteiger charge is -2.34. The molecule has 2 fully saturated rings. The van der Waals surface area contributed by atoms with Crippen molar-refractivity contribution in [1.82, 2.24) is 24.6 Å². The van der Waals surface area contributed by atoms with Gasteiger partial charge in [0.25, 0.3) is 0 Å². The number of nitrogen functional groups attached to an aromatic ring is 1. The van der Waals surface area contributed by atoms with E-state index in [9.17, 15) is 0 Å². The molecule has 166 valence electrons. The summed E-state index contributed by atoms with van der Waals surface area (Å²) >= 11 is 0. The average molecular weight is 433 g/mol. The molecule has 8 heteroatoms. The van der Waals surface area contributed by atoms with Gasteiger partial charge in [-0.1, -0.05) is 13.2 Å². The number of piperidine rings is 1. The molecule has 32 heavy (non-hydrogen) atoms. The molecule has 2 aliphatic rings. The lowest BCUT2D eigenvalue weighted by Crippen LogP contribution is -2.35. The smallest absolute Gasteiger partial charge is 0.164 e. The first-order valence-electron chi connectivity index (χ1n) is 11.0. The summed E-state index contributed by atoms with van der Waals surface area (Å²) < 4.78 is 13.4. The van der Waals surface area contributed by atoms with Gasteiger partial charge in [-0.15, -0.1) is 0 Å². The Hall–Kier alpha value is -3.39. The number of likely N-dealkylation sites (tertiary alicyclic amines) is 1. The van der Waals surface area contributed by atoms with Crippen molar-refractivity contribution in [3.05, 3.63) is 55.5 Å². The molecule has 5 rings (SSSR count). The first-order valence-corrected chi connectivity index (χ1v) is 11.0. The summed E-state index contributed by atoms with van der Waals surface area (Å²) in [5.74, 6) is 1.26. The van der Waals surface area contributed by atoms with Crippen LogP contribution in [0.2, 0.25) is 0 Å². The molecule has 4 heterocycles. The predicted molar refractivity (Wildman–Crippen MR) is 124 cm³/mol. The molecule has 2 saturated heterocycles. The van der Waals surface area contributed by atoms with Gasteiger partial charge in [0.05, 0.1) is 24.6 Å². The van der Waals surface area contributed by atoms with E-state index < -0.39 is 0 Å². The molecular weight excluding hydrogens is 404 g/mol. The molecule has 0 saturated carbocycles. The minimum absolute atomic E-state index is 0.115. The number of anilines is 1. The van der Waals surface area contributed by atoms with E-state index >= 15 is 0 Å². The summed E-state index contributed by atoms with van der Waals surface area (Å²) in [5.41, 5.74) is 9.72. The summed E-state index contributed by atoms with van der Waals surface area (Å²) in [6, 6.07) is 8.12. The predicted octanol–water partition coefficient (Wildman–Crippen LogP) is 3.58. The van der Waals surface area contributed by atoms with E-state index in [1.54, 1.807) is 6.08 Å². The van der Waals surface area contributed by atoms with Crippen molar-refractivity contribution in [2.24, 2.45) is 0 Å². The van der Waals surface area contributed by atoms with Gasteiger partial charge in [-0.05, 0) is 43.2 Å². The van der Waals surface area contributed by atoms with Crippen molar-refractivity contribution in [3.8, 4) is 17.0 Å². The van der Waals surface area contributed by atoms with Crippen LogP contribution in [0.4, 0.5) is 5.82 Å². The van der Waals surface area contributed by atoms with E-state index in [-0.39, 0.29) is 12.1 Å². The number of nitrogens with two attached hydrogens (primary N) is 1. The minimum Gasteiger partial charge on any atom is -0.488 e. The third kappa shape index (κ3) is 3.82. The Balaban J connectivity index is 1.49. The molecule has 2 aliphatic heterocycles. The van der Waals surface area contributed by atoms with Gasteiger partial charge in [0.15, 0.2) is 5.65 Å². The molecule has 0 bridgehead atoms. The number of ether oxygens (including phenoxy) is 2. The first kappa shape index (κ1) is 20.5. The zero-order chi connectivity index (χ0) is 22.1. The second-order valence-corrected chi connectivity index (χ2v) is 8.32. The highest BCUT2D eigenvalue weighted by Crippen LogP contribution is 2.35. The average Bonchev–Trinajstić information content (AvgIpc) is 3.48. The van der Waals surface area contributed by atoms with Gasteiger partial charge in [0, 0.05) is 30.8 Å². The fourth-order valence-electron chi connectivity index (χ4n) is 4.49. The van der Waals surface area contributed by atoms with Gasteiger partial charge in [0.1, 0.15) is 29.7 Å². The molecule has 2 aromatic heterocycles. The highest BCUT2D eigenvalue weighted by atomic mass is 16.5. The van der Waals surface area contributed by atoms with Crippen LogP contribution in [-0.4, -0.2) is 57.1 Å². The lowest BCUT2D eigenvalue weighted by atomic mass is 10.1. The summed E-state index contributed by atoms with van der Waals surface area (Å²) in [4.78, 5) is 11.0. The molecule has 0 radical (unpaired) electrons. The molecule has 8 nitrogen and oxygen atoms in total. The van der Waals surface area contributed by atoms with E-state index in [4.69, 9.17) is 20.3 Å². The van der Waals surface area contributed by atoms with Gasteiger partial charge in [-0.25, -0.2) is 14.6 Å². The first-order chi connectivity index (χ1) is 15.6. The zero-order valence-electron chi connectivity index (χ0n) is 18.1. The van der Waals surface area contributed by atoms with Crippen molar-refractivity contribution in [2.75, 3.05) is 32.0 Å². The van der Waals surface area contributed by atoms with Crippen molar-refractivity contribution < 1.29 is 9.47 Å². The standard InChI is InChI=1S/C24H28N6O2/c1-3-16(2)29-11-4-5-18(13-29)30-24-21(23(25)26-15-27-24)22(28-30)17-6-8-19(9-7-17)32-20-10-12-31-14-20/h3,6-9,15,18,20H,1-2,4-5,10-14H2,(H2,25,26,27). The Morgan fingerprint density at radius 3 is 2.81 bits per heavy atom. The van der Waals surface area contributed by atoms with E-state index in [2.05, 4.69) is 28.0 Å². The molecule has 0 amide bonds. The fourth-order valence-corrected chi connectivity index (χ4v) is 4.49. The quantitative estimate of drug-likeness (QED) is 0.595. The normalized spacial score (nSPS) is 21.1. The van der Waals surface area contributed by atoms with Gasteiger partial charge in [-0.2, -0.15) is 5.10 Å². The molecule has 0 aliphatic carbocycles. The fraction of sp³-hybridized carbons (Fsp3) is 0.375. The number of nitrogens with zero attached hydrogens (tertiary/aromatic N) is 5. The zero-order valence-corrected chi connectivity index (χ0v) is 18.1. The maximum Gasteiger partial charge on any atom is 0.164 e. The van der Waals surface area contributed by atoms with E-state index in [0.29, 0.717) is 12.4 Å². The Labute approximate surface area is 187 Å². The summed E-state index contributed by atoms with van der Waals surface area (Å²) in [6.07, 6.45) is 6.40. The van der Waals surface area contributed by atoms with Gasteiger partial charge >= 0.3 is 0 Å². The van der Waals surface area contributed by atoms with Crippen LogP contribution in [0.1, 0.15) is 25.3 Å². The number of benzene rings is 1. The van der Waals surface area contributed by atoms with Gasteiger partial charge in [-0.3, -0.25) is 0 Å². The SMILES string of the molecule is C=CC(=C)N1CCCC(n2nc(-c3ccc(OC4CCOC4)cc3)c3c(N)ncnc32)C1. The van der Waals surface area contributed by atoms with Gasteiger partial charge < -0.3 is 20.1 Å². The van der Waals surface area contributed by atoms with E-state index in [0.717, 1.165) is 72.7 Å². The maximum absolute atomic E-state index is 6.29. The maximum atomic E-state index is 6.29. The van der Waals surface area contributed by atoms with Crippen molar-refractivity contribution in [3.63, 3.8) is 0 Å². The van der Waals surface area contributed by atoms with Crippen LogP contribution in [0.25, 0.3) is 22.3 Å². The molecule has 2 unspecified atom stereocenters. The summed E-state index contributed by atoms with van der Waals surface area (Å²) in [5, 5.41) is 5.77. The van der Waals surface area contributed by atoms with Crippen LogP contribution >= 0.6 is 0 Å². The number of rotatable bonds is 6. The Morgan fingerprint density at radius 2 is 2.06 bits per heavy atom. The van der Waals surface area contributed by atoms with Crippen LogP contribution in [-0.2, 0) is 4.74 Å². The lowest BCUT2D eigenvalue weighted by molar-refractivity contribution is 0.141. The Bertz CT molecular complexity index is 1130. The molecule has 1 aromatic carbocycles. The van der Waals surface area contributed by atoms with Crippen molar-refractivity contribution >= 4 is 16.9 Å². The van der Waals surface area contributed by atoms with Crippen LogP contribution in [0.3, 0.4) is 0 Å². The van der Waals surface area contributed by atoms with Crippen LogP contribution in [0.5, 0.6) is 5.75 Å². The monoisotopic (exact) mass is 432 g/mol. The van der Waals surface area contributed by atoms with Gasteiger partial charge in [0.2, 0.25) is 0 Å². The van der Waals surface area contributed by atoms with Crippen LogP contribution in [0, 0.1) is 0 Å². The van der Waals surface area contributed by atoms with Crippen molar-refractivity contribution in [2.45, 2.75) is 31.4 Å². The van der Waals surface area contributed by atoms with Crippen LogP contribution < -0.4 is 10.5 Å². The summed E-state index contributed by atoms with van der Waals surface area (Å²) in [7, 11) is 0. The van der Waals surface area contributed by atoms with E-state index in [1.165, 1.54) is 6.33 Å². The number of fused-ring (bicyclic) bond motifs is 1. The third-order valence-corrected chi connectivity index (χ3v) is 6.22. The molecule has 2 atom stereocenters. The number of hydrogen-bond donors (Lipinski definition) is 1. The second kappa shape index (κ2) is 8.63. The highest BCUT2D eigenvalue weighted by Gasteiger charge is 2.27. The van der Waals surface area contributed by atoms with Crippen molar-refractivity contribution in [1.29, 1.82) is 0 Å². The molecule has 3 aromatic rings. The minimum atomic E-state index is 0.115. The second-order valence-electron chi connectivity index (χ2n) is 8.32. The Kier molecular flexibility index (Phi) is 5.53. The molecule has 2 N–H and O–H groups in total. The third-order valence-electron chi connectivity index (χ3n) is 6.22.